The average Bonchev–Trinajstić information content (AvgIpc) is 2.44. The first-order valence-corrected chi connectivity index (χ1v) is 5.14. The summed E-state index contributed by atoms with van der Waals surface area (Å²) in [5.41, 5.74) is 1.82. The molecule has 1 aromatic carbocycles. The van der Waals surface area contributed by atoms with Crippen molar-refractivity contribution in [3.63, 3.8) is 0 Å². The smallest absolute Gasteiger partial charge is 0.328 e. The molecule has 0 heterocycles. The van der Waals surface area contributed by atoms with E-state index in [9.17, 15) is 9.59 Å². The van der Waals surface area contributed by atoms with Crippen LogP contribution in [0.1, 0.15) is 15.9 Å². The molecule has 1 aromatic rings. The molecule has 0 atom stereocenters. The lowest BCUT2D eigenvalue weighted by Gasteiger charge is -1.95. The first-order chi connectivity index (χ1) is 7.08. The maximum absolute atomic E-state index is 11.7. The normalized spacial score (nSPS) is 16.9. The zero-order valence-corrected chi connectivity index (χ0v) is 9.24. The van der Waals surface area contributed by atoms with E-state index in [0.29, 0.717) is 17.6 Å². The highest BCUT2D eigenvalue weighted by Crippen LogP contribution is 2.28. The molecule has 0 spiro atoms. The van der Waals surface area contributed by atoms with Crippen molar-refractivity contribution in [1.82, 2.24) is 0 Å². The van der Waals surface area contributed by atoms with Gasteiger partial charge in [-0.2, -0.15) is 0 Å². The Labute approximate surface area is 94.5 Å². The van der Waals surface area contributed by atoms with Gasteiger partial charge in [0, 0.05) is 28.1 Å². The first-order valence-electron chi connectivity index (χ1n) is 4.34. The minimum absolute atomic E-state index is 0.186. The van der Waals surface area contributed by atoms with Crippen molar-refractivity contribution in [1.29, 1.82) is 0 Å². The summed E-state index contributed by atoms with van der Waals surface area (Å²) in [4.78, 5) is 22.2. The van der Waals surface area contributed by atoms with Crippen LogP contribution in [0.15, 0.2) is 34.3 Å². The van der Waals surface area contributed by atoms with E-state index in [4.69, 9.17) is 5.11 Å². The molecule has 3 nitrogen and oxygen atoms in total. The fourth-order valence-corrected chi connectivity index (χ4v) is 2.00. The van der Waals surface area contributed by atoms with E-state index in [2.05, 4.69) is 15.9 Å². The molecular weight excluding hydrogens is 260 g/mol. The summed E-state index contributed by atoms with van der Waals surface area (Å²) in [5.74, 6) is -1.26. The van der Waals surface area contributed by atoms with Crippen LogP contribution in [0.25, 0.3) is 0 Å². The molecule has 1 N–H and O–H groups in total. The second-order valence-corrected chi connectivity index (χ2v) is 4.23. The van der Waals surface area contributed by atoms with E-state index in [1.165, 1.54) is 0 Å². The lowest BCUT2D eigenvalue weighted by molar-refractivity contribution is -0.131. The maximum Gasteiger partial charge on any atom is 0.328 e. The van der Waals surface area contributed by atoms with Crippen LogP contribution in [0.3, 0.4) is 0 Å². The first kappa shape index (κ1) is 10.1. The summed E-state index contributed by atoms with van der Waals surface area (Å²) >= 11 is 3.28. The SMILES string of the molecule is O=C(O)/C=C1\Cc2ccc(Br)cc2C1=O. The molecular formula is C11H7BrO3. The Kier molecular flexibility index (Phi) is 2.44. The molecule has 76 valence electrons. The van der Waals surface area contributed by atoms with Gasteiger partial charge in [0.05, 0.1) is 0 Å². The fraction of sp³-hybridized carbons (Fsp3) is 0.0909. The van der Waals surface area contributed by atoms with Crippen molar-refractivity contribution in [3.8, 4) is 0 Å². The van der Waals surface area contributed by atoms with Crippen molar-refractivity contribution in [2.24, 2.45) is 0 Å². The number of aliphatic carboxylic acids is 1. The summed E-state index contributed by atoms with van der Waals surface area (Å²) in [6.45, 7) is 0. The van der Waals surface area contributed by atoms with Crippen molar-refractivity contribution in [3.05, 3.63) is 45.4 Å². The van der Waals surface area contributed by atoms with Crippen LogP contribution in [-0.2, 0) is 11.2 Å². The standard InChI is InChI=1S/C11H7BrO3/c12-8-2-1-6-3-7(4-10(13)14)11(15)9(6)5-8/h1-2,4-5H,3H2,(H,13,14)/b7-4+. The zero-order valence-electron chi connectivity index (χ0n) is 7.66. The van der Waals surface area contributed by atoms with Crippen LogP contribution >= 0.6 is 15.9 Å². The van der Waals surface area contributed by atoms with E-state index in [1.54, 1.807) is 6.07 Å². The van der Waals surface area contributed by atoms with E-state index in [1.807, 2.05) is 12.1 Å². The third kappa shape index (κ3) is 1.85. The number of benzene rings is 1. The number of Topliss-reactive ketones (excluding diaryl/α,β-unsaturated/α-hetero) is 1. The predicted octanol–water partition coefficient (Wildman–Crippen LogP) is 2.20. The Morgan fingerprint density at radius 2 is 2.20 bits per heavy atom. The fourth-order valence-electron chi connectivity index (χ4n) is 1.64. The van der Waals surface area contributed by atoms with Crippen molar-refractivity contribution in [2.75, 3.05) is 0 Å². The van der Waals surface area contributed by atoms with Gasteiger partial charge < -0.3 is 5.11 Å². The molecule has 0 saturated carbocycles. The second kappa shape index (κ2) is 3.62. The Hall–Kier alpha value is -1.42. The van der Waals surface area contributed by atoms with Crippen LogP contribution < -0.4 is 0 Å². The summed E-state index contributed by atoms with van der Waals surface area (Å²) in [7, 11) is 0. The highest BCUT2D eigenvalue weighted by molar-refractivity contribution is 9.10. The van der Waals surface area contributed by atoms with Gasteiger partial charge in [-0.3, -0.25) is 4.79 Å². The summed E-state index contributed by atoms with van der Waals surface area (Å²) < 4.78 is 0.825. The zero-order chi connectivity index (χ0) is 11.0. The van der Waals surface area contributed by atoms with Gasteiger partial charge in [0.15, 0.2) is 5.78 Å². The molecule has 0 saturated heterocycles. The summed E-state index contributed by atoms with van der Waals surface area (Å²) in [6, 6.07) is 5.40. The van der Waals surface area contributed by atoms with Crippen LogP contribution in [-0.4, -0.2) is 16.9 Å². The van der Waals surface area contributed by atoms with Gasteiger partial charge in [0.25, 0.3) is 0 Å². The molecule has 0 aliphatic heterocycles. The number of carbonyl (C=O) groups excluding carboxylic acids is 1. The second-order valence-electron chi connectivity index (χ2n) is 3.32. The maximum atomic E-state index is 11.7. The van der Waals surface area contributed by atoms with Gasteiger partial charge in [-0.1, -0.05) is 22.0 Å². The highest BCUT2D eigenvalue weighted by atomic mass is 79.9. The van der Waals surface area contributed by atoms with Gasteiger partial charge in [-0.25, -0.2) is 4.79 Å². The van der Waals surface area contributed by atoms with E-state index >= 15 is 0 Å². The predicted molar refractivity (Wildman–Crippen MR) is 57.9 cm³/mol. The molecule has 0 bridgehead atoms. The van der Waals surface area contributed by atoms with E-state index in [0.717, 1.165) is 16.1 Å². The number of hydrogen-bond acceptors (Lipinski definition) is 2. The topological polar surface area (TPSA) is 54.4 Å². The summed E-state index contributed by atoms with van der Waals surface area (Å²) in [5, 5.41) is 8.59. The lowest BCUT2D eigenvalue weighted by atomic mass is 10.1. The molecule has 0 amide bonds. The molecule has 4 heteroatoms. The number of ketones is 1. The van der Waals surface area contributed by atoms with Gasteiger partial charge in [-0.15, -0.1) is 0 Å². The largest absolute Gasteiger partial charge is 0.478 e. The van der Waals surface area contributed by atoms with Crippen LogP contribution in [0, 0.1) is 0 Å². The van der Waals surface area contributed by atoms with Gasteiger partial charge in [0.2, 0.25) is 0 Å². The number of carbonyl (C=O) groups is 2. The van der Waals surface area contributed by atoms with Crippen molar-refractivity contribution in [2.45, 2.75) is 6.42 Å². The van der Waals surface area contributed by atoms with Gasteiger partial charge >= 0.3 is 5.97 Å². The van der Waals surface area contributed by atoms with E-state index in [-0.39, 0.29) is 5.78 Å². The number of halogens is 1. The molecule has 0 radical (unpaired) electrons. The Bertz CT molecular complexity index is 489. The van der Waals surface area contributed by atoms with E-state index < -0.39 is 5.97 Å². The summed E-state index contributed by atoms with van der Waals surface area (Å²) in [6.07, 6.45) is 1.39. The van der Waals surface area contributed by atoms with Crippen molar-refractivity contribution < 1.29 is 14.7 Å². The molecule has 0 unspecified atom stereocenters. The Balaban J connectivity index is 2.46. The number of allylic oxidation sites excluding steroid dienone is 1. The number of fused-ring (bicyclic) bond motifs is 1. The molecule has 0 aromatic heterocycles. The third-order valence-electron chi connectivity index (χ3n) is 2.29. The van der Waals surface area contributed by atoms with Gasteiger partial charge in [0.1, 0.15) is 0 Å². The van der Waals surface area contributed by atoms with Crippen LogP contribution in [0.5, 0.6) is 0 Å². The molecule has 0 fully saturated rings. The minimum atomic E-state index is -1.08. The third-order valence-corrected chi connectivity index (χ3v) is 2.78. The molecule has 1 aliphatic rings. The van der Waals surface area contributed by atoms with Gasteiger partial charge in [-0.05, 0) is 17.7 Å². The monoisotopic (exact) mass is 266 g/mol. The number of rotatable bonds is 1. The van der Waals surface area contributed by atoms with Crippen LogP contribution in [0.4, 0.5) is 0 Å². The molecule has 2 rings (SSSR count). The number of carboxylic acids is 1. The molecule has 1 aliphatic carbocycles. The molecule has 15 heavy (non-hydrogen) atoms. The number of carboxylic acid groups (broad SMARTS) is 1. The quantitative estimate of drug-likeness (QED) is 0.793. The highest BCUT2D eigenvalue weighted by Gasteiger charge is 2.25. The number of hydrogen-bond donors (Lipinski definition) is 1. The minimum Gasteiger partial charge on any atom is -0.478 e. The Morgan fingerprint density at radius 1 is 1.47 bits per heavy atom. The van der Waals surface area contributed by atoms with Crippen LogP contribution in [0.2, 0.25) is 0 Å². The lowest BCUT2D eigenvalue weighted by Crippen LogP contribution is -1.99. The Morgan fingerprint density at radius 3 is 2.87 bits per heavy atom. The van der Waals surface area contributed by atoms with Crippen molar-refractivity contribution >= 4 is 27.7 Å². The average molecular weight is 267 g/mol.